The highest BCUT2D eigenvalue weighted by molar-refractivity contribution is 7.88. The molecule has 2 aliphatic heterocycles. The monoisotopic (exact) mass is 436 g/mol. The Bertz CT molecular complexity index is 873. The lowest BCUT2D eigenvalue weighted by Gasteiger charge is -2.30. The van der Waals surface area contributed by atoms with Gasteiger partial charge in [0.1, 0.15) is 17.3 Å². The van der Waals surface area contributed by atoms with Crippen LogP contribution >= 0.6 is 0 Å². The van der Waals surface area contributed by atoms with E-state index in [1.807, 2.05) is 6.07 Å². The molecule has 10 heteroatoms. The molecule has 2 aliphatic rings. The molecule has 1 amide bonds. The van der Waals surface area contributed by atoms with Gasteiger partial charge < -0.3 is 15.5 Å². The number of carbonyl (C=O) groups excluding carboxylic acids is 1. The molecule has 30 heavy (non-hydrogen) atoms. The Morgan fingerprint density at radius 1 is 1.10 bits per heavy atom. The number of nitrogens with one attached hydrogen (secondary N) is 3. The number of piperidine rings is 1. The molecule has 0 atom stereocenters. The third-order valence-electron chi connectivity index (χ3n) is 5.80. The van der Waals surface area contributed by atoms with E-state index in [-0.39, 0.29) is 11.8 Å². The van der Waals surface area contributed by atoms with Crippen LogP contribution in [0.5, 0.6) is 0 Å². The highest BCUT2D eigenvalue weighted by atomic mass is 32.2. The van der Waals surface area contributed by atoms with Crippen LogP contribution in [0.2, 0.25) is 0 Å². The van der Waals surface area contributed by atoms with Gasteiger partial charge in [0.05, 0.1) is 6.26 Å². The van der Waals surface area contributed by atoms with E-state index in [2.05, 4.69) is 20.5 Å². The summed E-state index contributed by atoms with van der Waals surface area (Å²) in [5.74, 6) is 0.920. The first-order valence-corrected chi connectivity index (χ1v) is 12.4. The van der Waals surface area contributed by atoms with Crippen LogP contribution in [0.25, 0.3) is 0 Å². The molecule has 1 aromatic heterocycles. The number of hydrogen-bond donors (Lipinski definition) is 3. The van der Waals surface area contributed by atoms with E-state index in [9.17, 15) is 13.2 Å². The molecular weight excluding hydrogens is 404 g/mol. The normalized spacial score (nSPS) is 19.2. The lowest BCUT2D eigenvalue weighted by atomic mass is 10.1. The molecule has 0 saturated carbocycles. The van der Waals surface area contributed by atoms with Crippen LogP contribution in [0.1, 0.15) is 44.1 Å². The van der Waals surface area contributed by atoms with Crippen molar-refractivity contribution in [1.82, 2.24) is 14.6 Å². The van der Waals surface area contributed by atoms with Crippen LogP contribution in [0.15, 0.2) is 12.1 Å². The number of nitrogens with zero attached hydrogens (tertiary/aromatic N) is 3. The zero-order chi connectivity index (χ0) is 21.7. The fraction of sp³-hybridized carbons (Fsp3) is 0.650. The molecule has 3 heterocycles. The lowest BCUT2D eigenvalue weighted by molar-refractivity contribution is -0.115. The number of pyridine rings is 1. The molecule has 0 radical (unpaired) electrons. The van der Waals surface area contributed by atoms with Crippen molar-refractivity contribution in [2.24, 2.45) is 0 Å². The van der Waals surface area contributed by atoms with Crippen LogP contribution in [-0.4, -0.2) is 74.9 Å². The van der Waals surface area contributed by atoms with Gasteiger partial charge in [0.25, 0.3) is 5.91 Å². The van der Waals surface area contributed by atoms with Gasteiger partial charge in [0.2, 0.25) is 10.0 Å². The highest BCUT2D eigenvalue weighted by Crippen LogP contribution is 2.22. The average Bonchev–Trinajstić information content (AvgIpc) is 3.02. The molecule has 1 aromatic rings. The Hall–Kier alpha value is -2.20. The fourth-order valence-electron chi connectivity index (χ4n) is 4.03. The summed E-state index contributed by atoms with van der Waals surface area (Å²) in [6, 6.07) is 3.53. The van der Waals surface area contributed by atoms with E-state index in [4.69, 9.17) is 5.41 Å². The lowest BCUT2D eigenvalue weighted by Crippen LogP contribution is -2.47. The van der Waals surface area contributed by atoms with Crippen LogP contribution in [0, 0.1) is 5.41 Å². The minimum atomic E-state index is -3.20. The third-order valence-corrected chi connectivity index (χ3v) is 7.11. The number of carbonyl (C=O) groups is 1. The molecule has 9 nitrogen and oxygen atoms in total. The van der Waals surface area contributed by atoms with Crippen molar-refractivity contribution in [1.29, 1.82) is 5.41 Å². The van der Waals surface area contributed by atoms with Crippen molar-refractivity contribution >= 4 is 33.3 Å². The van der Waals surface area contributed by atoms with E-state index in [0.717, 1.165) is 31.7 Å². The van der Waals surface area contributed by atoms with E-state index in [1.54, 1.807) is 13.1 Å². The average molecular weight is 437 g/mol. The van der Waals surface area contributed by atoms with Crippen molar-refractivity contribution in [3.05, 3.63) is 17.7 Å². The van der Waals surface area contributed by atoms with Gasteiger partial charge in [-0.25, -0.2) is 17.7 Å². The van der Waals surface area contributed by atoms with Gasteiger partial charge in [0, 0.05) is 44.8 Å². The quantitative estimate of drug-likeness (QED) is 0.580. The van der Waals surface area contributed by atoms with Crippen LogP contribution < -0.4 is 15.5 Å². The summed E-state index contributed by atoms with van der Waals surface area (Å²) in [4.78, 5) is 19.6. The number of anilines is 2. The Kier molecular flexibility index (Phi) is 7.30. The largest absolute Gasteiger partial charge is 0.373 e. The maximum atomic E-state index is 12.7. The minimum Gasteiger partial charge on any atom is -0.373 e. The van der Waals surface area contributed by atoms with Gasteiger partial charge in [-0.05, 0) is 37.8 Å². The van der Waals surface area contributed by atoms with Gasteiger partial charge in [0.15, 0.2) is 0 Å². The first kappa shape index (κ1) is 22.5. The number of amides is 1. The van der Waals surface area contributed by atoms with Crippen molar-refractivity contribution in [2.75, 3.05) is 49.7 Å². The number of aromatic nitrogens is 1. The van der Waals surface area contributed by atoms with E-state index >= 15 is 0 Å². The Morgan fingerprint density at radius 2 is 1.73 bits per heavy atom. The molecular formula is C20H32N6O3S. The van der Waals surface area contributed by atoms with Crippen molar-refractivity contribution in [3.8, 4) is 0 Å². The second-order valence-electron chi connectivity index (χ2n) is 8.00. The fourth-order valence-corrected chi connectivity index (χ4v) is 4.90. The molecule has 2 fully saturated rings. The van der Waals surface area contributed by atoms with Gasteiger partial charge in [-0.15, -0.1) is 0 Å². The Labute approximate surface area is 178 Å². The van der Waals surface area contributed by atoms with Crippen LogP contribution in [0.4, 0.5) is 11.6 Å². The summed E-state index contributed by atoms with van der Waals surface area (Å²) < 4.78 is 24.7. The van der Waals surface area contributed by atoms with Crippen LogP contribution in [-0.2, 0) is 14.8 Å². The molecule has 0 aliphatic carbocycles. The predicted octanol–water partition coefficient (Wildman–Crippen LogP) is 1.41. The van der Waals surface area contributed by atoms with E-state index in [1.165, 1.54) is 23.4 Å². The standard InChI is InChI=1S/C20H32N6O3S/c1-22-19-16(7-8-17(24-19)25-11-5-3-4-6-12-25)18(21)20(27)23-15-9-13-26(14-10-15)30(2,28)29/h7-8,15,21H,3-6,9-14H2,1-2H3,(H,22,24)(H,23,27). The summed E-state index contributed by atoms with van der Waals surface area (Å²) in [7, 11) is -1.46. The van der Waals surface area contributed by atoms with E-state index < -0.39 is 15.9 Å². The zero-order valence-corrected chi connectivity index (χ0v) is 18.6. The van der Waals surface area contributed by atoms with Crippen molar-refractivity contribution in [2.45, 2.75) is 44.6 Å². The number of rotatable bonds is 6. The maximum Gasteiger partial charge on any atom is 0.270 e. The molecule has 166 valence electrons. The second-order valence-corrected chi connectivity index (χ2v) is 9.98. The van der Waals surface area contributed by atoms with E-state index in [0.29, 0.717) is 37.3 Å². The SMILES string of the molecule is CNc1nc(N2CCCCCC2)ccc1C(=N)C(=O)NC1CCN(S(C)(=O)=O)CC1. The molecule has 0 bridgehead atoms. The number of hydrogen-bond acceptors (Lipinski definition) is 7. The molecule has 0 spiro atoms. The van der Waals surface area contributed by atoms with Crippen LogP contribution in [0.3, 0.4) is 0 Å². The minimum absolute atomic E-state index is 0.139. The molecule has 3 N–H and O–H groups in total. The molecule has 3 rings (SSSR count). The van der Waals surface area contributed by atoms with Gasteiger partial charge in [-0.2, -0.15) is 0 Å². The van der Waals surface area contributed by atoms with Gasteiger partial charge in [-0.1, -0.05) is 12.8 Å². The summed E-state index contributed by atoms with van der Waals surface area (Å²) in [5, 5.41) is 14.3. The summed E-state index contributed by atoms with van der Waals surface area (Å²) in [6.07, 6.45) is 7.05. The molecule has 0 unspecified atom stereocenters. The smallest absolute Gasteiger partial charge is 0.270 e. The van der Waals surface area contributed by atoms with Crippen molar-refractivity contribution < 1.29 is 13.2 Å². The summed E-state index contributed by atoms with van der Waals surface area (Å²) in [6.45, 7) is 2.70. The topological polar surface area (TPSA) is 118 Å². The Balaban J connectivity index is 1.64. The van der Waals surface area contributed by atoms with Crippen molar-refractivity contribution in [3.63, 3.8) is 0 Å². The second kappa shape index (κ2) is 9.74. The van der Waals surface area contributed by atoms with Gasteiger partial charge >= 0.3 is 0 Å². The Morgan fingerprint density at radius 3 is 2.30 bits per heavy atom. The highest BCUT2D eigenvalue weighted by Gasteiger charge is 2.27. The maximum absolute atomic E-state index is 12.7. The molecule has 2 saturated heterocycles. The zero-order valence-electron chi connectivity index (χ0n) is 17.8. The first-order valence-electron chi connectivity index (χ1n) is 10.6. The summed E-state index contributed by atoms with van der Waals surface area (Å²) >= 11 is 0. The predicted molar refractivity (Wildman–Crippen MR) is 119 cm³/mol. The first-order chi connectivity index (χ1) is 14.3. The van der Waals surface area contributed by atoms with Gasteiger partial charge in [-0.3, -0.25) is 10.2 Å². The number of sulfonamides is 1. The third kappa shape index (κ3) is 5.48. The molecule has 0 aromatic carbocycles. The summed E-state index contributed by atoms with van der Waals surface area (Å²) in [5.41, 5.74) is 0.321.